The first-order chi connectivity index (χ1) is 25.2. The minimum atomic E-state index is -0.625. The summed E-state index contributed by atoms with van der Waals surface area (Å²) in [6, 6.07) is 11.5. The molecule has 2 fully saturated rings. The smallest absolute Gasteiger partial charge is 0.407 e. The van der Waals surface area contributed by atoms with E-state index in [0.717, 1.165) is 109 Å². The second-order valence-electron chi connectivity index (χ2n) is 14.8. The molecule has 3 aliphatic rings. The van der Waals surface area contributed by atoms with E-state index in [2.05, 4.69) is 59.2 Å². The van der Waals surface area contributed by atoms with E-state index in [4.69, 9.17) is 14.7 Å². The molecule has 4 aromatic rings. The van der Waals surface area contributed by atoms with Crippen LogP contribution in [-0.4, -0.2) is 73.9 Å². The van der Waals surface area contributed by atoms with Gasteiger partial charge in [0.15, 0.2) is 0 Å². The van der Waals surface area contributed by atoms with E-state index < -0.39 is 12.1 Å². The molecule has 0 radical (unpaired) electrons. The Hall–Kier alpha value is -3.71. The summed E-state index contributed by atoms with van der Waals surface area (Å²) in [7, 11) is 1.32. The van der Waals surface area contributed by atoms with Crippen LogP contribution >= 0.6 is 54.0 Å². The zero-order valence-corrected chi connectivity index (χ0v) is 36.6. The van der Waals surface area contributed by atoms with Crippen molar-refractivity contribution >= 4 is 82.9 Å². The number of benzene rings is 2. The summed E-state index contributed by atoms with van der Waals surface area (Å²) in [6.07, 6.45) is 8.84. The minimum absolute atomic E-state index is 0. The van der Waals surface area contributed by atoms with Gasteiger partial charge < -0.3 is 29.8 Å². The van der Waals surface area contributed by atoms with Crippen LogP contribution in [0.3, 0.4) is 0 Å². The number of amides is 3. The number of aromatic amines is 2. The maximum atomic E-state index is 13.7. The fourth-order valence-corrected chi connectivity index (χ4v) is 7.87. The molecule has 3 amide bonds. The van der Waals surface area contributed by atoms with E-state index in [-0.39, 0.29) is 83.8 Å². The summed E-state index contributed by atoms with van der Waals surface area (Å²) in [5.41, 5.74) is 6.78. The highest BCUT2D eigenvalue weighted by Crippen LogP contribution is 2.35. The Balaban J connectivity index is 0.00000210. The lowest BCUT2D eigenvalue weighted by molar-refractivity contribution is -0.137. The zero-order chi connectivity index (χ0) is 36.4. The molecule has 2 bridgehead atoms. The topological polar surface area (TPSA) is 136 Å². The van der Waals surface area contributed by atoms with Gasteiger partial charge >= 0.3 is 6.09 Å². The van der Waals surface area contributed by atoms with Crippen LogP contribution in [0.1, 0.15) is 113 Å². The molecule has 0 aliphatic carbocycles. The zero-order valence-electron chi connectivity index (χ0n) is 32.6. The Bertz CT molecular complexity index is 2020. The molecule has 2 aromatic carbocycles. The number of H-pyrrole nitrogens is 2. The number of aryl methyl sites for hydroxylation is 1. The molecule has 0 saturated carbocycles. The predicted molar refractivity (Wildman–Crippen MR) is 241 cm³/mol. The Morgan fingerprint density at radius 1 is 0.857 bits per heavy atom. The molecule has 56 heavy (non-hydrogen) atoms. The lowest BCUT2D eigenvalue weighted by Gasteiger charge is -2.28. The van der Waals surface area contributed by atoms with Gasteiger partial charge in [-0.15, -0.1) is 0 Å². The largest absolute Gasteiger partial charge is 0.453 e. The predicted octanol–water partition coefficient (Wildman–Crippen LogP) is 7.26. The molecule has 15 heteroatoms. The highest BCUT2D eigenvalue weighted by Gasteiger charge is 2.37. The summed E-state index contributed by atoms with van der Waals surface area (Å²) in [4.78, 5) is 59.7. The number of carbonyl (C=O) groups is 3. The summed E-state index contributed by atoms with van der Waals surface area (Å²) < 4.78 is 4.83. The van der Waals surface area contributed by atoms with Crippen LogP contribution in [0.15, 0.2) is 42.6 Å². The maximum absolute atomic E-state index is 13.7. The second kappa shape index (κ2) is 20.6. The van der Waals surface area contributed by atoms with Gasteiger partial charge in [-0.05, 0) is 86.3 Å². The Morgan fingerprint density at radius 2 is 1.59 bits per heavy atom. The van der Waals surface area contributed by atoms with Gasteiger partial charge in [0.25, 0.3) is 0 Å². The van der Waals surface area contributed by atoms with Crippen molar-refractivity contribution in [1.29, 1.82) is 0 Å². The molecule has 5 heterocycles. The molecule has 3 N–H and O–H groups in total. The third-order valence-corrected chi connectivity index (χ3v) is 11.2. The van der Waals surface area contributed by atoms with Gasteiger partial charge in [-0.25, -0.2) is 14.8 Å². The number of nitrogens with zero attached hydrogens (tertiary/aromatic N) is 4. The summed E-state index contributed by atoms with van der Waals surface area (Å²) in [5.74, 6) is 8.87. The number of rotatable bonds is 5. The number of fused-ring (bicyclic) bond motifs is 3. The monoisotopic (exact) mass is 839 g/mol. The van der Waals surface area contributed by atoms with Crippen LogP contribution < -0.4 is 5.32 Å². The fraction of sp³-hybridized carbons (Fsp3) is 0.488. The van der Waals surface area contributed by atoms with E-state index in [1.165, 1.54) is 7.11 Å². The molecule has 304 valence electrons. The van der Waals surface area contributed by atoms with Gasteiger partial charge in [-0.3, -0.25) is 9.59 Å². The number of hydrogen-bond donors (Lipinski definition) is 3. The molecule has 3 aliphatic heterocycles. The van der Waals surface area contributed by atoms with Crippen LogP contribution in [0.5, 0.6) is 0 Å². The Labute approximate surface area is 358 Å². The quantitative estimate of drug-likeness (QED) is 0.181. The van der Waals surface area contributed by atoms with E-state index in [0.29, 0.717) is 18.9 Å². The van der Waals surface area contributed by atoms with Crippen LogP contribution in [0, 0.1) is 23.7 Å². The first kappa shape index (κ1) is 46.7. The van der Waals surface area contributed by atoms with Gasteiger partial charge in [0.1, 0.15) is 17.7 Å². The number of imidazole rings is 2. The van der Waals surface area contributed by atoms with Crippen molar-refractivity contribution in [3.63, 3.8) is 0 Å². The lowest BCUT2D eigenvalue weighted by atomic mass is 9.96. The second-order valence-corrected chi connectivity index (χ2v) is 14.8. The van der Waals surface area contributed by atoms with Gasteiger partial charge in [0.2, 0.25) is 11.8 Å². The standard InChI is InChI=1S/C41H49N7O4.4H2S/c1-25(2)26(3)39(49)47-22-8-12-34(47)37-42-24-33(44-37)29-18-15-27(16-19-29)14-17-28-20-21-31-36-30(28)10-6-5-7-11-32(45-41(51)52-4)40(50)48-23-9-13-35(48)38(43-31)46-36;;;;/h15-16,18-21,24-26,32,34-35H,5-13,22-23H2,1-4H3,(H,42,44)(H,43,46)(H,45,51);4*1H2/t26-,32-,34-,35-;;;;/m0..../s1. The number of hydrogen-bond acceptors (Lipinski definition) is 6. The van der Waals surface area contributed by atoms with Crippen LogP contribution in [0.2, 0.25) is 0 Å². The molecule has 2 aromatic heterocycles. The van der Waals surface area contributed by atoms with Gasteiger partial charge in [-0.2, -0.15) is 54.0 Å². The molecular weight excluding hydrogens is 783 g/mol. The average Bonchev–Trinajstić information content (AvgIpc) is 3.98. The third-order valence-electron chi connectivity index (χ3n) is 11.2. The number of nitrogens with one attached hydrogen (secondary N) is 3. The van der Waals surface area contributed by atoms with Crippen LogP contribution in [-0.2, 0) is 20.7 Å². The summed E-state index contributed by atoms with van der Waals surface area (Å²) >= 11 is 0. The van der Waals surface area contributed by atoms with E-state index >= 15 is 0 Å². The van der Waals surface area contributed by atoms with Crippen molar-refractivity contribution in [3.05, 3.63) is 70.9 Å². The van der Waals surface area contributed by atoms with Crippen molar-refractivity contribution < 1.29 is 19.1 Å². The van der Waals surface area contributed by atoms with Crippen molar-refractivity contribution in [2.24, 2.45) is 11.8 Å². The minimum Gasteiger partial charge on any atom is -0.453 e. The summed E-state index contributed by atoms with van der Waals surface area (Å²) in [6.45, 7) is 7.62. The number of alkyl carbamates (subject to hydrolysis) is 1. The van der Waals surface area contributed by atoms with Crippen molar-refractivity contribution in [2.75, 3.05) is 20.2 Å². The Kier molecular flexibility index (Phi) is 17.2. The Morgan fingerprint density at radius 3 is 2.32 bits per heavy atom. The SMILES string of the molecule is COC(=O)N[C@H]1CCCCCc2c(C#Cc3ccc(-c4cnc([C@@H]5CCCN5C(=O)[C@@H](C)C(C)C)[nH]4)cc3)ccc3[nH]c(nc23)[C@@H]2CCCN2C1=O.S.S.S.S. The number of methoxy groups -OCH3 is 1. The van der Waals surface area contributed by atoms with E-state index in [9.17, 15) is 14.4 Å². The first-order valence-corrected chi connectivity index (χ1v) is 18.9. The highest BCUT2D eigenvalue weighted by molar-refractivity contribution is 7.59. The number of ether oxygens (including phenoxy) is 1. The van der Waals surface area contributed by atoms with E-state index in [1.54, 1.807) is 0 Å². The molecule has 11 nitrogen and oxygen atoms in total. The lowest BCUT2D eigenvalue weighted by Crippen LogP contribution is -2.48. The summed E-state index contributed by atoms with van der Waals surface area (Å²) in [5, 5.41) is 2.78. The number of aromatic nitrogens is 4. The maximum Gasteiger partial charge on any atom is 0.407 e. The molecular formula is C41H57N7O4S4. The molecule has 2 saturated heterocycles. The van der Waals surface area contributed by atoms with Crippen LogP contribution in [0.25, 0.3) is 22.3 Å². The van der Waals surface area contributed by atoms with Gasteiger partial charge in [-0.1, -0.05) is 57.6 Å². The van der Waals surface area contributed by atoms with Gasteiger partial charge in [0, 0.05) is 30.1 Å². The van der Waals surface area contributed by atoms with Crippen molar-refractivity contribution in [1.82, 2.24) is 35.1 Å². The van der Waals surface area contributed by atoms with Crippen molar-refractivity contribution in [3.8, 4) is 23.1 Å². The number of likely N-dealkylation sites (tertiary alicyclic amines) is 1. The fourth-order valence-electron chi connectivity index (χ4n) is 7.87. The highest BCUT2D eigenvalue weighted by atomic mass is 32.1. The molecule has 0 unspecified atom stereocenters. The van der Waals surface area contributed by atoms with Crippen molar-refractivity contribution in [2.45, 2.75) is 96.7 Å². The normalized spacial score (nSPS) is 19.7. The average molecular weight is 840 g/mol. The first-order valence-electron chi connectivity index (χ1n) is 18.9. The van der Waals surface area contributed by atoms with Crippen LogP contribution in [0.4, 0.5) is 4.79 Å². The molecule has 4 atom stereocenters. The third kappa shape index (κ3) is 9.86. The number of carbonyl (C=O) groups excluding carboxylic acids is 3. The molecule has 0 spiro atoms. The van der Waals surface area contributed by atoms with Gasteiger partial charge in [0.05, 0.1) is 42.1 Å². The molecule has 7 rings (SSSR count). The van der Waals surface area contributed by atoms with E-state index in [1.807, 2.05) is 41.1 Å².